The second-order valence-electron chi connectivity index (χ2n) is 5.30. The van der Waals surface area contributed by atoms with Crippen LogP contribution in [-0.2, 0) is 9.59 Å². The maximum atomic E-state index is 12.2. The number of likely N-dealkylation sites (N-methyl/N-ethyl adjacent to an activating group) is 2. The van der Waals surface area contributed by atoms with Gasteiger partial charge in [-0.1, -0.05) is 12.1 Å². The summed E-state index contributed by atoms with van der Waals surface area (Å²) in [7, 11) is 3.11. The highest BCUT2D eigenvalue weighted by Gasteiger charge is 2.35. The van der Waals surface area contributed by atoms with Gasteiger partial charge in [0.2, 0.25) is 0 Å². The predicted molar refractivity (Wildman–Crippen MR) is 88.3 cm³/mol. The zero-order chi connectivity index (χ0) is 16.4. The van der Waals surface area contributed by atoms with E-state index in [1.807, 2.05) is 26.0 Å². The van der Waals surface area contributed by atoms with Crippen molar-refractivity contribution in [3.63, 3.8) is 0 Å². The topological polar surface area (TPSA) is 49.9 Å². The number of carbonyl (C=O) groups is 2. The van der Waals surface area contributed by atoms with Gasteiger partial charge >= 0.3 is 0 Å². The molecule has 2 rings (SSSR count). The highest BCUT2D eigenvalue weighted by atomic mass is 32.1. The molecule has 1 fully saturated rings. The van der Waals surface area contributed by atoms with Crippen LogP contribution in [-0.4, -0.2) is 46.9 Å². The molecule has 6 heteroatoms. The quantitative estimate of drug-likeness (QED) is 0.486. The van der Waals surface area contributed by atoms with Gasteiger partial charge in [0.25, 0.3) is 11.8 Å². The van der Waals surface area contributed by atoms with E-state index in [4.69, 9.17) is 17.0 Å². The largest absolute Gasteiger partial charge is 0.491 e. The molecule has 5 nitrogen and oxygen atoms in total. The fourth-order valence-corrected chi connectivity index (χ4v) is 2.22. The van der Waals surface area contributed by atoms with Crippen LogP contribution in [0.15, 0.2) is 29.8 Å². The molecule has 0 aliphatic carbocycles. The summed E-state index contributed by atoms with van der Waals surface area (Å²) in [5.74, 6) is -0.0416. The number of hydrogen-bond donors (Lipinski definition) is 0. The predicted octanol–water partition coefficient (Wildman–Crippen LogP) is 2.07. The average molecular weight is 318 g/mol. The number of thiocarbonyl (C=S) groups is 1. The zero-order valence-electron chi connectivity index (χ0n) is 13.0. The fourth-order valence-electron chi connectivity index (χ4n) is 2.06. The molecule has 1 heterocycles. The minimum absolute atomic E-state index is 0.0917. The van der Waals surface area contributed by atoms with Gasteiger partial charge in [-0.15, -0.1) is 0 Å². The van der Waals surface area contributed by atoms with Crippen LogP contribution in [0.1, 0.15) is 19.4 Å². The number of rotatable bonds is 3. The van der Waals surface area contributed by atoms with Crippen LogP contribution in [0, 0.1) is 0 Å². The molecule has 1 aliphatic heterocycles. The number of ether oxygens (including phenoxy) is 1. The second kappa shape index (κ2) is 6.27. The van der Waals surface area contributed by atoms with E-state index in [0.717, 1.165) is 11.3 Å². The van der Waals surface area contributed by atoms with E-state index < -0.39 is 11.8 Å². The molecule has 1 aromatic carbocycles. The molecule has 0 saturated carbocycles. The molecule has 22 heavy (non-hydrogen) atoms. The van der Waals surface area contributed by atoms with Crippen molar-refractivity contribution in [3.05, 3.63) is 35.4 Å². The van der Waals surface area contributed by atoms with Gasteiger partial charge in [0.15, 0.2) is 5.11 Å². The highest BCUT2D eigenvalue weighted by molar-refractivity contribution is 7.80. The minimum Gasteiger partial charge on any atom is -0.491 e. The lowest BCUT2D eigenvalue weighted by Gasteiger charge is -2.31. The zero-order valence-corrected chi connectivity index (χ0v) is 13.8. The van der Waals surface area contributed by atoms with Crippen LogP contribution < -0.4 is 4.74 Å². The van der Waals surface area contributed by atoms with Crippen LogP contribution >= 0.6 is 12.2 Å². The highest BCUT2D eigenvalue weighted by Crippen LogP contribution is 2.20. The van der Waals surface area contributed by atoms with Crippen LogP contribution in [0.25, 0.3) is 6.08 Å². The van der Waals surface area contributed by atoms with Gasteiger partial charge in [-0.3, -0.25) is 19.4 Å². The third-order valence-electron chi connectivity index (χ3n) is 3.21. The second-order valence-corrected chi connectivity index (χ2v) is 5.67. The third kappa shape index (κ3) is 3.17. The Kier molecular flexibility index (Phi) is 4.61. The monoisotopic (exact) mass is 318 g/mol. The Morgan fingerprint density at radius 1 is 1.05 bits per heavy atom. The van der Waals surface area contributed by atoms with Gasteiger partial charge < -0.3 is 4.74 Å². The van der Waals surface area contributed by atoms with E-state index in [1.54, 1.807) is 32.3 Å². The molecular weight excluding hydrogens is 300 g/mol. The Hall–Kier alpha value is -2.21. The Balaban J connectivity index is 2.29. The van der Waals surface area contributed by atoms with Crippen molar-refractivity contribution >= 4 is 35.2 Å². The Bertz CT molecular complexity index is 624. The van der Waals surface area contributed by atoms with Crippen LogP contribution in [0.2, 0.25) is 0 Å². The molecule has 2 amide bonds. The summed E-state index contributed by atoms with van der Waals surface area (Å²) in [6.07, 6.45) is 1.66. The van der Waals surface area contributed by atoms with Crippen LogP contribution in [0.4, 0.5) is 0 Å². The van der Waals surface area contributed by atoms with Crippen molar-refractivity contribution in [2.75, 3.05) is 14.1 Å². The first-order valence-electron chi connectivity index (χ1n) is 6.89. The molecule has 0 unspecified atom stereocenters. The van der Waals surface area contributed by atoms with E-state index in [2.05, 4.69) is 0 Å². The summed E-state index contributed by atoms with van der Waals surface area (Å²) in [5, 5.41) is 0.202. The summed E-state index contributed by atoms with van der Waals surface area (Å²) >= 11 is 5.05. The van der Waals surface area contributed by atoms with E-state index in [9.17, 15) is 9.59 Å². The van der Waals surface area contributed by atoms with Gasteiger partial charge in [-0.2, -0.15) is 0 Å². The molecule has 1 saturated heterocycles. The van der Waals surface area contributed by atoms with Crippen molar-refractivity contribution in [2.24, 2.45) is 0 Å². The van der Waals surface area contributed by atoms with Crippen LogP contribution in [0.5, 0.6) is 5.75 Å². The molecule has 1 aliphatic rings. The Morgan fingerprint density at radius 2 is 1.55 bits per heavy atom. The van der Waals surface area contributed by atoms with Gasteiger partial charge in [0.05, 0.1) is 6.10 Å². The van der Waals surface area contributed by atoms with Gasteiger partial charge in [-0.05, 0) is 49.8 Å². The van der Waals surface area contributed by atoms with Crippen LogP contribution in [0.3, 0.4) is 0 Å². The summed E-state index contributed by atoms with van der Waals surface area (Å²) in [4.78, 5) is 27.0. The normalized spacial score (nSPS) is 15.7. The van der Waals surface area contributed by atoms with E-state index in [-0.39, 0.29) is 16.8 Å². The SMILES string of the molecule is CC(C)Oc1ccc(C=C2C(=O)N(C)C(=S)N(C)C2=O)cc1. The summed E-state index contributed by atoms with van der Waals surface area (Å²) < 4.78 is 5.56. The van der Waals surface area contributed by atoms with Crippen molar-refractivity contribution in [1.29, 1.82) is 0 Å². The maximum absolute atomic E-state index is 12.2. The van der Waals surface area contributed by atoms with E-state index in [0.29, 0.717) is 0 Å². The molecule has 0 radical (unpaired) electrons. The molecule has 116 valence electrons. The smallest absolute Gasteiger partial charge is 0.265 e. The van der Waals surface area contributed by atoms with Crippen molar-refractivity contribution in [3.8, 4) is 5.75 Å². The standard InChI is InChI=1S/C16H18N2O3S/c1-10(2)21-12-7-5-11(6-8-12)9-13-14(19)17(3)16(22)18(4)15(13)20/h5-10H,1-4H3. The van der Waals surface area contributed by atoms with Gasteiger partial charge in [0.1, 0.15) is 11.3 Å². The van der Waals surface area contributed by atoms with Gasteiger partial charge in [-0.25, -0.2) is 0 Å². The summed E-state index contributed by atoms with van der Waals surface area (Å²) in [5.41, 5.74) is 0.846. The van der Waals surface area contributed by atoms with Crippen molar-refractivity contribution in [1.82, 2.24) is 9.80 Å². The number of hydrogen-bond acceptors (Lipinski definition) is 4. The van der Waals surface area contributed by atoms with Gasteiger partial charge in [0, 0.05) is 14.1 Å². The number of amides is 2. The number of carbonyl (C=O) groups excluding carboxylic acids is 2. The Morgan fingerprint density at radius 3 is 2.00 bits per heavy atom. The number of benzene rings is 1. The lowest BCUT2D eigenvalue weighted by molar-refractivity contribution is -0.132. The molecule has 0 atom stereocenters. The Labute approximate surface area is 135 Å². The van der Waals surface area contributed by atoms with Crippen molar-refractivity contribution in [2.45, 2.75) is 20.0 Å². The average Bonchev–Trinajstić information content (AvgIpc) is 2.49. The minimum atomic E-state index is -0.393. The fraction of sp³-hybridized carbons (Fsp3) is 0.312. The third-order valence-corrected chi connectivity index (χ3v) is 3.75. The summed E-state index contributed by atoms with van der Waals surface area (Å²) in [6.45, 7) is 3.90. The molecule has 0 spiro atoms. The molecule has 0 aromatic heterocycles. The van der Waals surface area contributed by atoms with E-state index in [1.165, 1.54) is 9.80 Å². The lowest BCUT2D eigenvalue weighted by Crippen LogP contribution is -2.52. The molecular formula is C16H18N2O3S. The first-order valence-corrected chi connectivity index (χ1v) is 7.30. The van der Waals surface area contributed by atoms with E-state index >= 15 is 0 Å². The molecule has 0 bridgehead atoms. The first-order chi connectivity index (χ1) is 10.3. The molecule has 0 N–H and O–H groups in total. The first kappa shape index (κ1) is 16.2. The molecule has 1 aromatic rings. The number of nitrogens with zero attached hydrogens (tertiary/aromatic N) is 2. The lowest BCUT2D eigenvalue weighted by atomic mass is 10.1. The van der Waals surface area contributed by atoms with Crippen molar-refractivity contribution < 1.29 is 14.3 Å². The maximum Gasteiger partial charge on any atom is 0.265 e. The summed E-state index contributed by atoms with van der Waals surface area (Å²) in [6, 6.07) is 7.22.